The summed E-state index contributed by atoms with van der Waals surface area (Å²) in [6.45, 7) is 10.1. The molecule has 0 aliphatic carbocycles. The molecule has 16 heavy (non-hydrogen) atoms. The van der Waals surface area contributed by atoms with Gasteiger partial charge in [0.05, 0.1) is 12.4 Å². The van der Waals surface area contributed by atoms with Gasteiger partial charge in [0.25, 0.3) is 0 Å². The van der Waals surface area contributed by atoms with Crippen LogP contribution in [-0.2, 0) is 6.42 Å². The second-order valence-electron chi connectivity index (χ2n) is 2.81. The zero-order chi connectivity index (χ0) is 12.4. The van der Waals surface area contributed by atoms with E-state index in [0.29, 0.717) is 0 Å². The van der Waals surface area contributed by atoms with Gasteiger partial charge < -0.3 is 0 Å². The third-order valence-corrected chi connectivity index (χ3v) is 2.02. The predicted octanol–water partition coefficient (Wildman–Crippen LogP) is 4.24. The Kier molecular flexibility index (Phi) is 8.04. The van der Waals surface area contributed by atoms with Crippen LogP contribution in [0.3, 0.4) is 0 Å². The normalized spacial score (nSPS) is 8.56. The molecule has 0 fully saturated rings. The molecule has 0 spiro atoms. The molecular weight excluding hydrogens is 196 g/mol. The van der Waals surface area contributed by atoms with E-state index in [9.17, 15) is 0 Å². The monoisotopic (exact) mass is 218 g/mol. The van der Waals surface area contributed by atoms with Crippen LogP contribution in [0, 0.1) is 0 Å². The van der Waals surface area contributed by atoms with E-state index >= 15 is 0 Å². The molecule has 0 radical (unpaired) electrons. The Hall–Kier alpha value is -1.44. The maximum Gasteiger partial charge on any atom is 0.0574 e. The summed E-state index contributed by atoms with van der Waals surface area (Å²) in [7, 11) is 0. The SMILES string of the molecule is CC.CC.CCc1ccc2cnncc2c1. The lowest BCUT2D eigenvalue weighted by molar-refractivity contribution is 1.05. The van der Waals surface area contributed by atoms with Gasteiger partial charge in [-0.05, 0) is 18.1 Å². The third kappa shape index (κ3) is 3.97. The zero-order valence-electron chi connectivity index (χ0n) is 11.0. The van der Waals surface area contributed by atoms with Gasteiger partial charge in [0.15, 0.2) is 0 Å². The molecule has 0 amide bonds. The molecule has 0 aliphatic heterocycles. The fourth-order valence-electron chi connectivity index (χ4n) is 1.26. The van der Waals surface area contributed by atoms with Crippen molar-refractivity contribution in [1.29, 1.82) is 0 Å². The molecule has 2 heteroatoms. The molecule has 0 N–H and O–H groups in total. The number of hydrogen-bond acceptors (Lipinski definition) is 2. The van der Waals surface area contributed by atoms with E-state index < -0.39 is 0 Å². The number of benzene rings is 1. The minimum absolute atomic E-state index is 1.07. The van der Waals surface area contributed by atoms with Gasteiger partial charge in [-0.25, -0.2) is 0 Å². The third-order valence-electron chi connectivity index (χ3n) is 2.02. The van der Waals surface area contributed by atoms with Crippen molar-refractivity contribution in [2.45, 2.75) is 41.0 Å². The van der Waals surface area contributed by atoms with Gasteiger partial charge in [-0.2, -0.15) is 10.2 Å². The topological polar surface area (TPSA) is 25.8 Å². The second kappa shape index (κ2) is 8.84. The minimum Gasteiger partial charge on any atom is -0.158 e. The number of aryl methyl sites for hydroxylation is 1. The molecule has 0 saturated heterocycles. The van der Waals surface area contributed by atoms with Gasteiger partial charge >= 0.3 is 0 Å². The summed E-state index contributed by atoms with van der Waals surface area (Å²) in [6.07, 6.45) is 4.65. The van der Waals surface area contributed by atoms with E-state index in [-0.39, 0.29) is 0 Å². The van der Waals surface area contributed by atoms with Gasteiger partial charge in [-0.1, -0.05) is 46.8 Å². The van der Waals surface area contributed by atoms with Gasteiger partial charge in [0.1, 0.15) is 0 Å². The smallest absolute Gasteiger partial charge is 0.0574 e. The Labute approximate surface area is 98.7 Å². The van der Waals surface area contributed by atoms with Crippen molar-refractivity contribution < 1.29 is 0 Å². The van der Waals surface area contributed by atoms with Crippen molar-refractivity contribution in [1.82, 2.24) is 10.2 Å². The van der Waals surface area contributed by atoms with Crippen LogP contribution in [0.1, 0.15) is 40.2 Å². The van der Waals surface area contributed by atoms with Gasteiger partial charge in [0.2, 0.25) is 0 Å². The first kappa shape index (κ1) is 14.6. The summed E-state index contributed by atoms with van der Waals surface area (Å²) >= 11 is 0. The molecular formula is C14H22N2. The minimum atomic E-state index is 1.07. The van der Waals surface area contributed by atoms with Crippen LogP contribution < -0.4 is 0 Å². The van der Waals surface area contributed by atoms with E-state index in [1.165, 1.54) is 10.9 Å². The van der Waals surface area contributed by atoms with E-state index in [4.69, 9.17) is 0 Å². The van der Waals surface area contributed by atoms with Crippen LogP contribution in [0.25, 0.3) is 10.8 Å². The first-order valence-electron chi connectivity index (χ1n) is 6.09. The highest BCUT2D eigenvalue weighted by molar-refractivity contribution is 5.81. The number of aromatic nitrogens is 2. The lowest BCUT2D eigenvalue weighted by Crippen LogP contribution is -1.83. The molecule has 1 heterocycles. The summed E-state index contributed by atoms with van der Waals surface area (Å²) in [6, 6.07) is 6.37. The number of hydrogen-bond donors (Lipinski definition) is 0. The number of fused-ring (bicyclic) bond motifs is 1. The molecule has 2 rings (SSSR count). The molecule has 1 aromatic heterocycles. The van der Waals surface area contributed by atoms with Crippen LogP contribution in [0.4, 0.5) is 0 Å². The van der Waals surface area contributed by atoms with Crippen LogP contribution in [0.2, 0.25) is 0 Å². The first-order chi connectivity index (χ1) is 7.90. The molecule has 1 aromatic carbocycles. The standard InChI is InChI=1S/C10H10N2.2C2H6/c1-2-8-3-4-9-6-11-12-7-10(9)5-8;2*1-2/h3-7H,2H2,1H3;2*1-2H3. The molecule has 88 valence electrons. The highest BCUT2D eigenvalue weighted by Crippen LogP contribution is 2.13. The van der Waals surface area contributed by atoms with Crippen LogP contribution in [0.15, 0.2) is 30.6 Å². The largest absolute Gasteiger partial charge is 0.158 e. The van der Waals surface area contributed by atoms with E-state index in [1.807, 2.05) is 27.7 Å². The van der Waals surface area contributed by atoms with E-state index in [0.717, 1.165) is 11.8 Å². The van der Waals surface area contributed by atoms with Crippen molar-refractivity contribution in [3.8, 4) is 0 Å². The van der Waals surface area contributed by atoms with Crippen molar-refractivity contribution in [2.75, 3.05) is 0 Å². The molecule has 2 aromatic rings. The summed E-state index contributed by atoms with van der Waals surface area (Å²) in [4.78, 5) is 0. The number of rotatable bonds is 1. The number of nitrogens with zero attached hydrogens (tertiary/aromatic N) is 2. The van der Waals surface area contributed by atoms with Gasteiger partial charge in [0, 0.05) is 10.8 Å². The molecule has 0 aliphatic rings. The summed E-state index contributed by atoms with van der Waals surface area (Å²) in [5.41, 5.74) is 1.34. The van der Waals surface area contributed by atoms with Crippen molar-refractivity contribution >= 4 is 10.8 Å². The average molecular weight is 218 g/mol. The highest BCUT2D eigenvalue weighted by atomic mass is 15.1. The molecule has 0 bridgehead atoms. The van der Waals surface area contributed by atoms with Crippen LogP contribution >= 0.6 is 0 Å². The zero-order valence-corrected chi connectivity index (χ0v) is 11.0. The summed E-state index contributed by atoms with van der Waals surface area (Å²) in [5.74, 6) is 0. The molecule has 0 saturated carbocycles. The van der Waals surface area contributed by atoms with Crippen molar-refractivity contribution in [2.24, 2.45) is 0 Å². The molecule has 2 nitrogen and oxygen atoms in total. The van der Waals surface area contributed by atoms with Gasteiger partial charge in [-0.3, -0.25) is 0 Å². The lowest BCUT2D eigenvalue weighted by atomic mass is 10.1. The quantitative estimate of drug-likeness (QED) is 0.715. The summed E-state index contributed by atoms with van der Waals surface area (Å²) < 4.78 is 0. The Bertz CT molecular complexity index is 397. The van der Waals surface area contributed by atoms with Crippen LogP contribution in [-0.4, -0.2) is 10.2 Å². The highest BCUT2D eigenvalue weighted by Gasteiger charge is 1.93. The summed E-state index contributed by atoms with van der Waals surface area (Å²) in [5, 5.41) is 9.98. The van der Waals surface area contributed by atoms with E-state index in [2.05, 4.69) is 35.3 Å². The fourth-order valence-corrected chi connectivity index (χ4v) is 1.26. The Morgan fingerprint density at radius 2 is 1.44 bits per heavy atom. The first-order valence-corrected chi connectivity index (χ1v) is 6.09. The Morgan fingerprint density at radius 3 is 2.00 bits per heavy atom. The van der Waals surface area contributed by atoms with Gasteiger partial charge in [-0.15, -0.1) is 0 Å². The molecule has 0 unspecified atom stereocenters. The van der Waals surface area contributed by atoms with Crippen molar-refractivity contribution in [3.05, 3.63) is 36.2 Å². The Balaban J connectivity index is 0.000000509. The maximum atomic E-state index is 3.84. The second-order valence-corrected chi connectivity index (χ2v) is 2.81. The average Bonchev–Trinajstić information content (AvgIpc) is 2.42. The fraction of sp³-hybridized carbons (Fsp3) is 0.429. The van der Waals surface area contributed by atoms with E-state index in [1.54, 1.807) is 12.4 Å². The Morgan fingerprint density at radius 1 is 0.875 bits per heavy atom. The molecule has 0 atom stereocenters. The maximum absolute atomic E-state index is 3.84. The van der Waals surface area contributed by atoms with Crippen LogP contribution in [0.5, 0.6) is 0 Å². The van der Waals surface area contributed by atoms with Crippen molar-refractivity contribution in [3.63, 3.8) is 0 Å². The predicted molar refractivity (Wildman–Crippen MR) is 71.6 cm³/mol. The lowest BCUT2D eigenvalue weighted by Gasteiger charge is -1.98.